The quantitative estimate of drug-likeness (QED) is 0.850. The Hall–Kier alpha value is -1.63. The number of rotatable bonds is 3. The molecule has 0 aliphatic rings. The highest BCUT2D eigenvalue weighted by Crippen LogP contribution is 2.26. The van der Waals surface area contributed by atoms with Gasteiger partial charge in [-0.1, -0.05) is 0 Å². The summed E-state index contributed by atoms with van der Waals surface area (Å²) in [5, 5.41) is 7.16. The maximum atomic E-state index is 13.1. The van der Waals surface area contributed by atoms with Crippen LogP contribution in [0.5, 0.6) is 0 Å². The first-order chi connectivity index (χ1) is 8.06. The second kappa shape index (κ2) is 4.70. The normalized spacial score (nSPS) is 10.5. The standard InChI is InChI=1S/C10H11BrFN5/c1-17-5-15-10(16-17)4-14-9-2-6(11)7(12)3-8(9)13/h2-3,5,14H,4,13H2,1H3. The number of hydrogen-bond acceptors (Lipinski definition) is 4. The molecular formula is C10H11BrFN5. The molecule has 0 atom stereocenters. The molecule has 0 saturated carbocycles. The molecule has 5 nitrogen and oxygen atoms in total. The summed E-state index contributed by atoms with van der Waals surface area (Å²) < 4.78 is 15.1. The summed E-state index contributed by atoms with van der Waals surface area (Å²) in [5.74, 6) is 0.261. The molecule has 0 spiro atoms. The SMILES string of the molecule is Cn1cnc(CNc2cc(Br)c(F)cc2N)n1. The lowest BCUT2D eigenvalue weighted by Gasteiger charge is -2.08. The van der Waals surface area contributed by atoms with Crippen LogP contribution in [0.15, 0.2) is 22.9 Å². The van der Waals surface area contributed by atoms with Crippen LogP contribution in [0.3, 0.4) is 0 Å². The van der Waals surface area contributed by atoms with Gasteiger partial charge in [0.05, 0.1) is 22.4 Å². The third-order valence-electron chi connectivity index (χ3n) is 2.18. The number of aromatic nitrogens is 3. The highest BCUT2D eigenvalue weighted by molar-refractivity contribution is 9.10. The number of nitrogens with one attached hydrogen (secondary N) is 1. The van der Waals surface area contributed by atoms with E-state index in [0.29, 0.717) is 28.2 Å². The summed E-state index contributed by atoms with van der Waals surface area (Å²) in [7, 11) is 1.79. The van der Waals surface area contributed by atoms with Crippen molar-refractivity contribution >= 4 is 27.3 Å². The molecule has 1 aromatic carbocycles. The fourth-order valence-corrected chi connectivity index (χ4v) is 1.70. The number of nitrogens with two attached hydrogens (primary N) is 1. The summed E-state index contributed by atoms with van der Waals surface area (Å²) in [6, 6.07) is 2.85. The van der Waals surface area contributed by atoms with Gasteiger partial charge >= 0.3 is 0 Å². The molecule has 0 aliphatic carbocycles. The van der Waals surface area contributed by atoms with Crippen molar-refractivity contribution in [2.75, 3.05) is 11.1 Å². The fourth-order valence-electron chi connectivity index (χ4n) is 1.35. The maximum Gasteiger partial charge on any atom is 0.169 e. The molecule has 3 N–H and O–H groups in total. The minimum Gasteiger partial charge on any atom is -0.397 e. The van der Waals surface area contributed by atoms with Crippen molar-refractivity contribution in [2.45, 2.75) is 6.54 Å². The lowest BCUT2D eigenvalue weighted by Crippen LogP contribution is -2.05. The Balaban J connectivity index is 2.11. The number of anilines is 2. The molecule has 0 aliphatic heterocycles. The minimum atomic E-state index is -0.385. The van der Waals surface area contributed by atoms with Gasteiger partial charge in [0, 0.05) is 13.1 Å². The largest absolute Gasteiger partial charge is 0.397 e. The fraction of sp³-hybridized carbons (Fsp3) is 0.200. The van der Waals surface area contributed by atoms with Crippen molar-refractivity contribution in [3.05, 3.63) is 34.6 Å². The molecule has 0 amide bonds. The van der Waals surface area contributed by atoms with Crippen LogP contribution in [-0.2, 0) is 13.6 Å². The topological polar surface area (TPSA) is 68.8 Å². The van der Waals surface area contributed by atoms with Gasteiger partial charge in [-0.15, -0.1) is 0 Å². The first kappa shape index (κ1) is 11.8. The third-order valence-corrected chi connectivity index (χ3v) is 2.78. The summed E-state index contributed by atoms with van der Waals surface area (Å²) >= 11 is 3.10. The molecule has 2 rings (SSSR count). The Morgan fingerprint density at radius 2 is 2.29 bits per heavy atom. The zero-order valence-corrected chi connectivity index (χ0v) is 10.7. The van der Waals surface area contributed by atoms with E-state index < -0.39 is 0 Å². The van der Waals surface area contributed by atoms with Gasteiger partial charge in [-0.3, -0.25) is 4.68 Å². The van der Waals surface area contributed by atoms with Crippen LogP contribution < -0.4 is 11.1 Å². The Bertz CT molecular complexity index is 539. The highest BCUT2D eigenvalue weighted by Gasteiger charge is 2.06. The molecule has 1 aromatic heterocycles. The van der Waals surface area contributed by atoms with Crippen LogP contribution in [0, 0.1) is 5.82 Å². The van der Waals surface area contributed by atoms with Crippen LogP contribution >= 0.6 is 15.9 Å². The molecule has 0 saturated heterocycles. The van der Waals surface area contributed by atoms with Crippen molar-refractivity contribution in [3.8, 4) is 0 Å². The van der Waals surface area contributed by atoms with E-state index in [9.17, 15) is 4.39 Å². The summed E-state index contributed by atoms with van der Waals surface area (Å²) in [6.45, 7) is 0.434. The van der Waals surface area contributed by atoms with Gasteiger partial charge < -0.3 is 11.1 Å². The van der Waals surface area contributed by atoms with Crippen LogP contribution in [0.25, 0.3) is 0 Å². The number of benzene rings is 1. The number of hydrogen-bond donors (Lipinski definition) is 2. The summed E-state index contributed by atoms with van der Waals surface area (Å²) in [5.41, 5.74) is 6.68. The molecule has 17 heavy (non-hydrogen) atoms. The number of halogens is 2. The summed E-state index contributed by atoms with van der Waals surface area (Å²) in [4.78, 5) is 4.06. The van der Waals surface area contributed by atoms with Gasteiger partial charge in [-0.05, 0) is 22.0 Å². The van der Waals surface area contributed by atoms with E-state index in [-0.39, 0.29) is 5.82 Å². The van der Waals surface area contributed by atoms with E-state index in [4.69, 9.17) is 5.73 Å². The van der Waals surface area contributed by atoms with Crippen LogP contribution in [0.2, 0.25) is 0 Å². The molecule has 0 unspecified atom stereocenters. The lowest BCUT2D eigenvalue weighted by atomic mass is 10.2. The molecule has 90 valence electrons. The van der Waals surface area contributed by atoms with E-state index in [1.807, 2.05) is 0 Å². The van der Waals surface area contributed by atoms with Crippen molar-refractivity contribution in [3.63, 3.8) is 0 Å². The first-order valence-corrected chi connectivity index (χ1v) is 5.68. The molecule has 0 fully saturated rings. The Morgan fingerprint density at radius 1 is 1.53 bits per heavy atom. The van der Waals surface area contributed by atoms with E-state index >= 15 is 0 Å². The van der Waals surface area contributed by atoms with Gasteiger partial charge in [0.25, 0.3) is 0 Å². The third kappa shape index (κ3) is 2.73. The van der Waals surface area contributed by atoms with E-state index in [2.05, 4.69) is 31.3 Å². The Kier molecular flexibility index (Phi) is 3.28. The zero-order valence-electron chi connectivity index (χ0n) is 9.11. The molecule has 7 heteroatoms. The molecule has 0 bridgehead atoms. The minimum absolute atomic E-state index is 0.349. The van der Waals surface area contributed by atoms with Crippen LogP contribution in [0.1, 0.15) is 5.82 Å². The maximum absolute atomic E-state index is 13.1. The Morgan fingerprint density at radius 3 is 2.94 bits per heavy atom. The molecule has 2 aromatic rings. The van der Waals surface area contributed by atoms with Gasteiger partial charge in [-0.2, -0.15) is 5.10 Å². The molecule has 1 heterocycles. The zero-order chi connectivity index (χ0) is 12.4. The van der Waals surface area contributed by atoms with Gasteiger partial charge in [0.2, 0.25) is 0 Å². The van der Waals surface area contributed by atoms with Crippen molar-refractivity contribution in [1.82, 2.24) is 14.8 Å². The second-order valence-corrected chi connectivity index (χ2v) is 4.40. The van der Waals surface area contributed by atoms with E-state index in [1.165, 1.54) is 6.07 Å². The average molecular weight is 300 g/mol. The predicted octanol–water partition coefficient (Wildman–Crippen LogP) is 1.91. The Labute approximate surface area is 106 Å². The summed E-state index contributed by atoms with van der Waals surface area (Å²) in [6.07, 6.45) is 1.61. The number of nitrogen functional groups attached to an aromatic ring is 1. The van der Waals surface area contributed by atoms with Gasteiger partial charge in [-0.25, -0.2) is 9.37 Å². The van der Waals surface area contributed by atoms with Crippen molar-refractivity contribution in [2.24, 2.45) is 7.05 Å². The number of aryl methyl sites for hydroxylation is 1. The van der Waals surface area contributed by atoms with Crippen LogP contribution in [0.4, 0.5) is 15.8 Å². The smallest absolute Gasteiger partial charge is 0.169 e. The van der Waals surface area contributed by atoms with E-state index in [0.717, 1.165) is 0 Å². The van der Waals surface area contributed by atoms with Gasteiger partial charge in [0.1, 0.15) is 12.1 Å². The predicted molar refractivity (Wildman–Crippen MR) is 66.8 cm³/mol. The first-order valence-electron chi connectivity index (χ1n) is 4.89. The second-order valence-electron chi connectivity index (χ2n) is 3.54. The molecule has 0 radical (unpaired) electrons. The average Bonchev–Trinajstić information content (AvgIpc) is 2.68. The monoisotopic (exact) mass is 299 g/mol. The lowest BCUT2D eigenvalue weighted by molar-refractivity contribution is 0.622. The van der Waals surface area contributed by atoms with Crippen LogP contribution in [-0.4, -0.2) is 14.8 Å². The highest BCUT2D eigenvalue weighted by atomic mass is 79.9. The van der Waals surface area contributed by atoms with Gasteiger partial charge in [0.15, 0.2) is 5.82 Å². The van der Waals surface area contributed by atoms with Crippen molar-refractivity contribution in [1.29, 1.82) is 0 Å². The van der Waals surface area contributed by atoms with E-state index in [1.54, 1.807) is 24.1 Å². The number of nitrogens with zero attached hydrogens (tertiary/aromatic N) is 3. The molecular weight excluding hydrogens is 289 g/mol. The van der Waals surface area contributed by atoms with Crippen molar-refractivity contribution < 1.29 is 4.39 Å².